The van der Waals surface area contributed by atoms with Crippen molar-refractivity contribution < 1.29 is 18.3 Å². The van der Waals surface area contributed by atoms with Gasteiger partial charge in [0.15, 0.2) is 17.3 Å². The number of ether oxygens (including phenoxy) is 2. The van der Waals surface area contributed by atoms with Gasteiger partial charge < -0.3 is 24.6 Å². The predicted octanol–water partition coefficient (Wildman–Crippen LogP) is 4.57. The van der Waals surface area contributed by atoms with Crippen LogP contribution in [0.25, 0.3) is 0 Å². The van der Waals surface area contributed by atoms with E-state index in [-0.39, 0.29) is 23.8 Å². The fraction of sp³-hybridized carbons (Fsp3) is 0.500. The molecular formula is C30H37F2N7O2. The lowest BCUT2D eigenvalue weighted by Crippen LogP contribution is -2.52. The van der Waals surface area contributed by atoms with E-state index in [4.69, 9.17) is 9.47 Å². The molecule has 4 heterocycles. The molecule has 3 aromatic rings. The molecule has 0 amide bonds. The Balaban J connectivity index is 1.01. The minimum Gasteiger partial charge on any atom is -0.494 e. The molecule has 1 aromatic carbocycles. The largest absolute Gasteiger partial charge is 0.494 e. The monoisotopic (exact) mass is 565 g/mol. The number of benzene rings is 1. The van der Waals surface area contributed by atoms with Crippen LogP contribution in [0.4, 0.5) is 26.2 Å². The number of piperazine rings is 1. The first kappa shape index (κ1) is 27.6. The van der Waals surface area contributed by atoms with E-state index in [0.717, 1.165) is 76.5 Å². The summed E-state index contributed by atoms with van der Waals surface area (Å²) in [6, 6.07) is 6.10. The van der Waals surface area contributed by atoms with E-state index in [1.54, 1.807) is 6.20 Å². The zero-order valence-electron chi connectivity index (χ0n) is 23.7. The Labute approximate surface area is 239 Å². The number of nitrogens with zero attached hydrogens (tertiary/aromatic N) is 6. The van der Waals surface area contributed by atoms with Crippen molar-refractivity contribution in [3.8, 4) is 11.5 Å². The molecule has 0 unspecified atom stereocenters. The molecule has 11 heteroatoms. The van der Waals surface area contributed by atoms with Crippen molar-refractivity contribution in [2.75, 3.05) is 63.6 Å². The Morgan fingerprint density at radius 2 is 1.63 bits per heavy atom. The van der Waals surface area contributed by atoms with E-state index in [0.29, 0.717) is 23.3 Å². The Morgan fingerprint density at radius 3 is 2.27 bits per heavy atom. The van der Waals surface area contributed by atoms with Gasteiger partial charge in [-0.25, -0.2) is 23.7 Å². The second-order valence-electron chi connectivity index (χ2n) is 11.2. The number of rotatable bonds is 9. The van der Waals surface area contributed by atoms with E-state index in [1.165, 1.54) is 25.6 Å². The van der Waals surface area contributed by atoms with Crippen molar-refractivity contribution in [2.24, 2.45) is 0 Å². The molecule has 3 fully saturated rings. The number of halogens is 2. The van der Waals surface area contributed by atoms with Gasteiger partial charge in [0.1, 0.15) is 18.2 Å². The van der Waals surface area contributed by atoms with E-state index < -0.39 is 11.6 Å². The summed E-state index contributed by atoms with van der Waals surface area (Å²) < 4.78 is 40.5. The first-order valence-electron chi connectivity index (χ1n) is 14.4. The second-order valence-corrected chi connectivity index (χ2v) is 11.2. The van der Waals surface area contributed by atoms with Gasteiger partial charge in [-0.15, -0.1) is 0 Å². The molecule has 6 rings (SSSR count). The van der Waals surface area contributed by atoms with Gasteiger partial charge in [-0.05, 0) is 62.4 Å². The van der Waals surface area contributed by atoms with Gasteiger partial charge in [-0.2, -0.15) is 0 Å². The number of aromatic nitrogens is 3. The number of hydrogen-bond donors (Lipinski definition) is 1. The Morgan fingerprint density at radius 1 is 0.902 bits per heavy atom. The SMILES string of the molecule is COc1cc(C2CC2)c(F)c(COc2cnc(Nc3ccc(N4CCC(N5CCN(C)CC5)CC4)nc3)nc2)c1F. The number of pyridine rings is 1. The van der Waals surface area contributed by atoms with Gasteiger partial charge in [0.25, 0.3) is 0 Å². The molecule has 2 saturated heterocycles. The molecule has 1 aliphatic carbocycles. The first-order valence-corrected chi connectivity index (χ1v) is 14.4. The fourth-order valence-electron chi connectivity index (χ4n) is 5.69. The number of anilines is 3. The minimum absolute atomic E-state index is 0.0254. The highest BCUT2D eigenvalue weighted by Crippen LogP contribution is 2.44. The number of likely N-dealkylation sites (N-methyl/N-ethyl adjacent to an activating group) is 1. The van der Waals surface area contributed by atoms with E-state index in [2.05, 4.69) is 42.0 Å². The van der Waals surface area contributed by atoms with Crippen molar-refractivity contribution in [1.82, 2.24) is 24.8 Å². The van der Waals surface area contributed by atoms with Crippen molar-refractivity contribution in [1.29, 1.82) is 0 Å². The first-order chi connectivity index (χ1) is 20.0. The summed E-state index contributed by atoms with van der Waals surface area (Å²) in [5.41, 5.74) is 1.10. The van der Waals surface area contributed by atoms with Crippen molar-refractivity contribution >= 4 is 17.5 Å². The van der Waals surface area contributed by atoms with Crippen LogP contribution in [0.2, 0.25) is 0 Å². The van der Waals surface area contributed by atoms with Crippen molar-refractivity contribution in [3.05, 3.63) is 59.6 Å². The lowest BCUT2D eigenvalue weighted by molar-refractivity contribution is 0.0981. The summed E-state index contributed by atoms with van der Waals surface area (Å²) >= 11 is 0. The zero-order valence-corrected chi connectivity index (χ0v) is 23.7. The summed E-state index contributed by atoms with van der Waals surface area (Å²) in [4.78, 5) is 20.6. The van der Waals surface area contributed by atoms with Crippen LogP contribution in [0.3, 0.4) is 0 Å². The van der Waals surface area contributed by atoms with Crippen LogP contribution < -0.4 is 19.7 Å². The van der Waals surface area contributed by atoms with E-state index >= 15 is 0 Å². The standard InChI is InChI=1S/C30H37F2N7O2/c1-37-11-13-38(14-12-37)22-7-9-39(10-8-22)27-6-5-21(16-33-27)36-30-34-17-23(18-35-30)41-19-25-28(31)24(20-3-4-20)15-26(40-2)29(25)32/h5-6,15-18,20,22H,3-4,7-14,19H2,1-2H3,(H,34,35,36). The average molecular weight is 566 g/mol. The molecule has 9 nitrogen and oxygen atoms in total. The highest BCUT2D eigenvalue weighted by atomic mass is 19.1. The van der Waals surface area contributed by atoms with Gasteiger partial charge in [0.05, 0.1) is 37.0 Å². The maximum atomic E-state index is 15.0. The number of nitrogens with one attached hydrogen (secondary N) is 1. The molecule has 218 valence electrons. The number of hydrogen-bond acceptors (Lipinski definition) is 9. The van der Waals surface area contributed by atoms with Crippen molar-refractivity contribution in [2.45, 2.75) is 44.2 Å². The highest BCUT2D eigenvalue weighted by Gasteiger charge is 2.31. The summed E-state index contributed by atoms with van der Waals surface area (Å²) in [5, 5.41) is 3.14. The van der Waals surface area contributed by atoms with Gasteiger partial charge >= 0.3 is 0 Å². The van der Waals surface area contributed by atoms with Gasteiger partial charge in [-0.3, -0.25) is 4.90 Å². The van der Waals surface area contributed by atoms with Gasteiger partial charge in [0.2, 0.25) is 5.95 Å². The lowest BCUT2D eigenvalue weighted by Gasteiger charge is -2.42. The smallest absolute Gasteiger partial charge is 0.227 e. The van der Waals surface area contributed by atoms with Crippen LogP contribution in [0, 0.1) is 11.6 Å². The molecule has 41 heavy (non-hydrogen) atoms. The van der Waals surface area contributed by atoms with Crippen LogP contribution in [0.1, 0.15) is 42.7 Å². The Bertz CT molecular complexity index is 1320. The lowest BCUT2D eigenvalue weighted by atomic mass is 10.0. The molecule has 0 spiro atoms. The molecule has 1 N–H and O–H groups in total. The van der Waals surface area contributed by atoms with Crippen LogP contribution in [-0.4, -0.2) is 84.2 Å². The average Bonchev–Trinajstić information content (AvgIpc) is 3.85. The molecule has 0 radical (unpaired) electrons. The van der Waals surface area contributed by atoms with E-state index in [9.17, 15) is 8.78 Å². The van der Waals surface area contributed by atoms with Gasteiger partial charge in [0, 0.05) is 45.3 Å². The highest BCUT2D eigenvalue weighted by molar-refractivity contribution is 5.55. The van der Waals surface area contributed by atoms with Gasteiger partial charge in [-0.1, -0.05) is 0 Å². The Hall–Kier alpha value is -3.57. The quantitative estimate of drug-likeness (QED) is 0.401. The van der Waals surface area contributed by atoms with Crippen molar-refractivity contribution in [3.63, 3.8) is 0 Å². The predicted molar refractivity (Wildman–Crippen MR) is 153 cm³/mol. The normalized spacial score (nSPS) is 18.9. The van der Waals surface area contributed by atoms with Crippen LogP contribution >= 0.6 is 0 Å². The molecule has 2 aliphatic heterocycles. The molecule has 1 saturated carbocycles. The minimum atomic E-state index is -0.746. The molecule has 2 aromatic heterocycles. The summed E-state index contributed by atoms with van der Waals surface area (Å²) in [7, 11) is 3.57. The third kappa shape index (κ3) is 6.36. The van der Waals surface area contributed by atoms with E-state index in [1.807, 2.05) is 12.1 Å². The van der Waals surface area contributed by atoms with Crippen LogP contribution in [-0.2, 0) is 6.61 Å². The van der Waals surface area contributed by atoms with Crippen LogP contribution in [0.5, 0.6) is 11.5 Å². The maximum Gasteiger partial charge on any atom is 0.227 e. The Kier molecular flexibility index (Phi) is 8.16. The summed E-state index contributed by atoms with van der Waals surface area (Å²) in [6.07, 6.45) is 8.82. The second kappa shape index (κ2) is 12.1. The zero-order chi connectivity index (χ0) is 28.3. The molecular weight excluding hydrogens is 528 g/mol. The molecule has 0 atom stereocenters. The maximum absolute atomic E-state index is 15.0. The number of methoxy groups -OCH3 is 1. The third-order valence-corrected chi connectivity index (χ3v) is 8.38. The third-order valence-electron chi connectivity index (χ3n) is 8.38. The number of piperidine rings is 1. The summed E-state index contributed by atoms with van der Waals surface area (Å²) in [6.45, 7) is 6.35. The molecule has 3 aliphatic rings. The topological polar surface area (TPSA) is 78.9 Å². The fourth-order valence-corrected chi connectivity index (χ4v) is 5.69. The summed E-state index contributed by atoms with van der Waals surface area (Å²) in [5.74, 6) is 0.466. The van der Waals surface area contributed by atoms with Crippen LogP contribution in [0.15, 0.2) is 36.8 Å². The molecule has 0 bridgehead atoms.